The fraction of sp³-hybridized carbons (Fsp3) is 0.444. The average molecular weight is 555 g/mol. The van der Waals surface area contributed by atoms with Crippen molar-refractivity contribution in [2.45, 2.75) is 57.8 Å². The summed E-state index contributed by atoms with van der Waals surface area (Å²) in [5.74, 6) is 0.651. The Morgan fingerprint density at radius 3 is 2.51 bits per heavy atom. The van der Waals surface area contributed by atoms with Crippen molar-refractivity contribution in [3.8, 4) is 0 Å². The van der Waals surface area contributed by atoms with E-state index in [9.17, 15) is 9.59 Å². The SMILES string of the molecule is CC(C)(C)OC(=O)N1CC2CCC1CN2C(=O)CN=CC(=CN)Nc1ncc(Cl)c(NCc2ccccc2)n1. The second kappa shape index (κ2) is 12.3. The molecule has 0 aliphatic carbocycles. The Balaban J connectivity index is 1.30. The number of ether oxygens (including phenoxy) is 1. The molecule has 4 heterocycles. The normalized spacial score (nSPS) is 19.3. The molecular weight excluding hydrogens is 520 g/mol. The van der Waals surface area contributed by atoms with Gasteiger partial charge in [-0.1, -0.05) is 41.9 Å². The molecule has 3 aliphatic heterocycles. The first-order valence-electron chi connectivity index (χ1n) is 12.9. The van der Waals surface area contributed by atoms with E-state index in [0.717, 1.165) is 18.4 Å². The molecular formula is C27H35ClN8O3. The molecule has 5 rings (SSSR count). The number of carbonyl (C=O) groups excluding carboxylic acids is 2. The van der Waals surface area contributed by atoms with Gasteiger partial charge in [0.05, 0.1) is 17.9 Å². The highest BCUT2D eigenvalue weighted by Crippen LogP contribution is 2.30. The number of benzene rings is 1. The van der Waals surface area contributed by atoms with Crippen LogP contribution >= 0.6 is 11.6 Å². The number of halogens is 1. The molecule has 2 unspecified atom stereocenters. The lowest BCUT2D eigenvalue weighted by molar-refractivity contribution is -0.139. The fourth-order valence-electron chi connectivity index (χ4n) is 4.57. The van der Waals surface area contributed by atoms with Gasteiger partial charge in [0.2, 0.25) is 11.9 Å². The van der Waals surface area contributed by atoms with Crippen LogP contribution in [0.15, 0.2) is 53.4 Å². The monoisotopic (exact) mass is 554 g/mol. The zero-order valence-corrected chi connectivity index (χ0v) is 23.2. The minimum atomic E-state index is -0.558. The van der Waals surface area contributed by atoms with Crippen LogP contribution in [0.25, 0.3) is 0 Å². The molecule has 0 radical (unpaired) electrons. The maximum Gasteiger partial charge on any atom is 0.410 e. The largest absolute Gasteiger partial charge is 0.444 e. The van der Waals surface area contributed by atoms with Crippen LogP contribution in [0.5, 0.6) is 0 Å². The number of fused-ring (bicyclic) bond motifs is 3. The van der Waals surface area contributed by atoms with Crippen molar-refractivity contribution >= 4 is 41.6 Å². The van der Waals surface area contributed by atoms with Gasteiger partial charge in [0, 0.05) is 38.1 Å². The molecule has 12 heteroatoms. The molecule has 2 amide bonds. The maximum absolute atomic E-state index is 13.0. The number of anilines is 2. The first-order chi connectivity index (χ1) is 18.6. The maximum atomic E-state index is 13.0. The number of aliphatic imine (C=N–C) groups is 1. The van der Waals surface area contributed by atoms with E-state index in [-0.39, 0.29) is 36.6 Å². The minimum absolute atomic E-state index is 0.0416. The summed E-state index contributed by atoms with van der Waals surface area (Å²) in [4.78, 5) is 42.0. The lowest BCUT2D eigenvalue weighted by atomic mass is 9.91. The van der Waals surface area contributed by atoms with E-state index < -0.39 is 5.60 Å². The lowest BCUT2D eigenvalue weighted by Crippen LogP contribution is -2.65. The third-order valence-corrected chi connectivity index (χ3v) is 6.69. The number of rotatable bonds is 8. The fourth-order valence-corrected chi connectivity index (χ4v) is 4.73. The number of amides is 2. The van der Waals surface area contributed by atoms with Crippen LogP contribution < -0.4 is 16.4 Å². The van der Waals surface area contributed by atoms with Crippen molar-refractivity contribution in [2.24, 2.45) is 10.7 Å². The van der Waals surface area contributed by atoms with Crippen molar-refractivity contribution in [2.75, 3.05) is 30.3 Å². The summed E-state index contributed by atoms with van der Waals surface area (Å²) in [6, 6.07) is 9.78. The van der Waals surface area contributed by atoms with Crippen LogP contribution in [0, 0.1) is 0 Å². The predicted octanol–water partition coefficient (Wildman–Crippen LogP) is 3.64. The molecule has 11 nitrogen and oxygen atoms in total. The minimum Gasteiger partial charge on any atom is -0.444 e. The van der Waals surface area contributed by atoms with Crippen LogP contribution in [0.2, 0.25) is 5.02 Å². The molecule has 39 heavy (non-hydrogen) atoms. The topological polar surface area (TPSA) is 138 Å². The van der Waals surface area contributed by atoms with E-state index in [1.165, 1.54) is 18.6 Å². The Morgan fingerprint density at radius 2 is 1.87 bits per heavy atom. The van der Waals surface area contributed by atoms with Gasteiger partial charge in [0.25, 0.3) is 0 Å². The summed E-state index contributed by atoms with van der Waals surface area (Å²) in [6.45, 7) is 7.00. The lowest BCUT2D eigenvalue weighted by Gasteiger charge is -2.51. The number of piperazine rings is 1. The van der Waals surface area contributed by atoms with Gasteiger partial charge in [-0.05, 0) is 39.2 Å². The van der Waals surface area contributed by atoms with Gasteiger partial charge in [0.1, 0.15) is 17.2 Å². The average Bonchev–Trinajstić information content (AvgIpc) is 2.92. The zero-order valence-electron chi connectivity index (χ0n) is 22.4. The number of hydrogen-bond donors (Lipinski definition) is 3. The zero-order chi connectivity index (χ0) is 28.0. The van der Waals surface area contributed by atoms with E-state index in [2.05, 4.69) is 25.6 Å². The van der Waals surface area contributed by atoms with E-state index >= 15 is 0 Å². The number of carbonyl (C=O) groups is 2. The smallest absolute Gasteiger partial charge is 0.410 e. The molecule has 2 atom stereocenters. The number of piperidine rings is 2. The number of allylic oxidation sites excluding steroid dienone is 1. The summed E-state index contributed by atoms with van der Waals surface area (Å²) in [5, 5.41) is 6.58. The third kappa shape index (κ3) is 7.60. The number of nitrogens with two attached hydrogens (primary N) is 1. The molecule has 1 aromatic heterocycles. The van der Waals surface area contributed by atoms with Crippen LogP contribution in [0.3, 0.4) is 0 Å². The highest BCUT2D eigenvalue weighted by Gasteiger charge is 2.43. The van der Waals surface area contributed by atoms with E-state index in [4.69, 9.17) is 22.1 Å². The third-order valence-electron chi connectivity index (χ3n) is 6.42. The van der Waals surface area contributed by atoms with Gasteiger partial charge in [0.15, 0.2) is 5.82 Å². The van der Waals surface area contributed by atoms with Gasteiger partial charge in [-0.2, -0.15) is 4.98 Å². The van der Waals surface area contributed by atoms with Crippen LogP contribution in [-0.4, -0.2) is 75.3 Å². The summed E-state index contributed by atoms with van der Waals surface area (Å²) in [6.07, 6.45) is 5.67. The van der Waals surface area contributed by atoms with E-state index in [0.29, 0.717) is 36.2 Å². The number of aromatic nitrogens is 2. The van der Waals surface area contributed by atoms with Crippen molar-refractivity contribution in [3.05, 3.63) is 59.0 Å². The molecule has 3 aliphatic rings. The van der Waals surface area contributed by atoms with Gasteiger partial charge in [-0.25, -0.2) is 9.78 Å². The standard InChI is InChI=1S/C27H35ClN8O3/c1-27(2,3)39-26(38)36-17-20-9-10-21(36)16-35(20)23(37)15-30-13-19(11-29)33-25-32-14-22(28)24(34-25)31-12-18-7-5-4-6-8-18/h4-8,11,13-14,20-21H,9-10,12,15-17,29H2,1-3H3,(H2,31,32,33,34). The van der Waals surface area contributed by atoms with E-state index in [1.54, 1.807) is 4.90 Å². The van der Waals surface area contributed by atoms with Gasteiger partial charge in [-0.15, -0.1) is 0 Å². The second-order valence-corrected chi connectivity index (χ2v) is 10.9. The quantitative estimate of drug-likeness (QED) is 0.420. The van der Waals surface area contributed by atoms with E-state index in [1.807, 2.05) is 56.0 Å². The second-order valence-electron chi connectivity index (χ2n) is 10.5. The van der Waals surface area contributed by atoms with Crippen molar-refractivity contribution < 1.29 is 14.3 Å². The van der Waals surface area contributed by atoms with Crippen LogP contribution in [0.4, 0.5) is 16.6 Å². The Bertz CT molecular complexity index is 1230. The highest BCUT2D eigenvalue weighted by atomic mass is 35.5. The van der Waals surface area contributed by atoms with Crippen molar-refractivity contribution in [3.63, 3.8) is 0 Å². The molecule has 0 spiro atoms. The Hall–Kier alpha value is -3.86. The summed E-state index contributed by atoms with van der Waals surface area (Å²) in [7, 11) is 0. The summed E-state index contributed by atoms with van der Waals surface area (Å²) >= 11 is 6.25. The molecule has 1 aromatic carbocycles. The first-order valence-corrected chi connectivity index (χ1v) is 13.3. The van der Waals surface area contributed by atoms with Crippen LogP contribution in [-0.2, 0) is 16.1 Å². The number of hydrogen-bond acceptors (Lipinski definition) is 9. The predicted molar refractivity (Wildman–Crippen MR) is 152 cm³/mol. The summed E-state index contributed by atoms with van der Waals surface area (Å²) < 4.78 is 5.54. The number of nitrogens with one attached hydrogen (secondary N) is 2. The van der Waals surface area contributed by atoms with Gasteiger partial charge in [-0.3, -0.25) is 9.79 Å². The van der Waals surface area contributed by atoms with Crippen molar-refractivity contribution in [1.29, 1.82) is 0 Å². The molecule has 0 saturated carbocycles. The Labute approximate surface area is 233 Å². The summed E-state index contributed by atoms with van der Waals surface area (Å²) in [5.41, 5.74) is 6.71. The molecule has 2 aromatic rings. The first kappa shape index (κ1) is 28.2. The molecule has 3 fully saturated rings. The van der Waals surface area contributed by atoms with Gasteiger partial charge < -0.3 is 30.9 Å². The van der Waals surface area contributed by atoms with Crippen molar-refractivity contribution in [1.82, 2.24) is 19.8 Å². The molecule has 3 saturated heterocycles. The Kier molecular flexibility index (Phi) is 8.90. The molecule has 208 valence electrons. The Morgan fingerprint density at radius 1 is 1.18 bits per heavy atom. The highest BCUT2D eigenvalue weighted by molar-refractivity contribution is 6.32. The molecule has 4 N–H and O–H groups in total. The van der Waals surface area contributed by atoms with Crippen LogP contribution in [0.1, 0.15) is 39.2 Å². The van der Waals surface area contributed by atoms with Gasteiger partial charge >= 0.3 is 6.09 Å². The molecule has 2 bridgehead atoms. The number of nitrogens with zero attached hydrogens (tertiary/aromatic N) is 5.